The van der Waals surface area contributed by atoms with Gasteiger partial charge in [-0.25, -0.2) is 0 Å². The Bertz CT molecular complexity index is 904. The van der Waals surface area contributed by atoms with E-state index in [0.29, 0.717) is 17.1 Å². The fourth-order valence-electron chi connectivity index (χ4n) is 4.21. The molecular weight excluding hydrogens is 428 g/mol. The van der Waals surface area contributed by atoms with E-state index in [1.54, 1.807) is 59.7 Å². The normalized spacial score (nSPS) is 25.9. The molecule has 2 rings (SSSR count). The Morgan fingerprint density at radius 3 is 1.94 bits per heavy atom. The van der Waals surface area contributed by atoms with E-state index in [-0.39, 0.29) is 6.42 Å². The molecule has 1 aliphatic carbocycles. The van der Waals surface area contributed by atoms with E-state index in [0.717, 1.165) is 0 Å². The van der Waals surface area contributed by atoms with Crippen LogP contribution in [0.15, 0.2) is 18.2 Å². The van der Waals surface area contributed by atoms with E-state index in [1.165, 1.54) is 21.1 Å². The van der Waals surface area contributed by atoms with Crippen LogP contribution in [-0.4, -0.2) is 53.9 Å². The summed E-state index contributed by atoms with van der Waals surface area (Å²) >= 11 is 0. The number of hydrogen-bond donors (Lipinski definition) is 1. The van der Waals surface area contributed by atoms with Crippen molar-refractivity contribution in [3.63, 3.8) is 0 Å². The number of ketones is 1. The van der Waals surface area contributed by atoms with Crippen LogP contribution < -0.4 is 9.47 Å². The number of aliphatic hydroxyl groups is 1. The molecule has 184 valence electrons. The third-order valence-corrected chi connectivity index (χ3v) is 5.38. The fraction of sp³-hybridized carbons (Fsp3) is 0.640. The first-order chi connectivity index (χ1) is 15.0. The average Bonchev–Trinajstić information content (AvgIpc) is 2.62. The Morgan fingerprint density at radius 2 is 1.45 bits per heavy atom. The highest BCUT2D eigenvalue weighted by molar-refractivity contribution is 6.03. The Hall–Kier alpha value is -2.61. The van der Waals surface area contributed by atoms with Crippen molar-refractivity contribution >= 4 is 17.7 Å². The zero-order chi connectivity index (χ0) is 25.4. The number of methoxy groups -OCH3 is 2. The van der Waals surface area contributed by atoms with Crippen molar-refractivity contribution < 1.29 is 38.4 Å². The van der Waals surface area contributed by atoms with Crippen molar-refractivity contribution in [2.24, 2.45) is 11.8 Å². The van der Waals surface area contributed by atoms with E-state index in [4.69, 9.17) is 18.9 Å². The molecule has 1 aliphatic rings. The highest BCUT2D eigenvalue weighted by Crippen LogP contribution is 2.48. The van der Waals surface area contributed by atoms with Crippen molar-refractivity contribution in [1.29, 1.82) is 0 Å². The van der Waals surface area contributed by atoms with E-state index in [1.807, 2.05) is 0 Å². The lowest BCUT2D eigenvalue weighted by molar-refractivity contribution is -0.182. The van der Waals surface area contributed by atoms with Gasteiger partial charge < -0.3 is 24.1 Å². The molecule has 8 heteroatoms. The number of esters is 2. The number of carbonyl (C=O) groups excluding carboxylic acids is 3. The van der Waals surface area contributed by atoms with Gasteiger partial charge in [0.05, 0.1) is 25.7 Å². The highest BCUT2D eigenvalue weighted by atomic mass is 16.6. The van der Waals surface area contributed by atoms with Crippen molar-refractivity contribution in [3.8, 4) is 11.5 Å². The molecule has 1 saturated carbocycles. The lowest BCUT2D eigenvalue weighted by Gasteiger charge is -2.44. The molecule has 1 aromatic rings. The van der Waals surface area contributed by atoms with E-state index in [9.17, 15) is 19.5 Å². The highest BCUT2D eigenvalue weighted by Gasteiger charge is 2.58. The Labute approximate surface area is 195 Å². The van der Waals surface area contributed by atoms with Crippen LogP contribution in [0.4, 0.5) is 0 Å². The molecular formula is C25H36O8. The van der Waals surface area contributed by atoms with Crippen LogP contribution in [0, 0.1) is 11.8 Å². The minimum absolute atomic E-state index is 0.360. The summed E-state index contributed by atoms with van der Waals surface area (Å²) in [5, 5.41) is 11.2. The van der Waals surface area contributed by atoms with Crippen LogP contribution >= 0.6 is 0 Å². The smallest absolute Gasteiger partial charge is 0.317 e. The average molecular weight is 465 g/mol. The summed E-state index contributed by atoms with van der Waals surface area (Å²) in [5.41, 5.74) is -2.97. The van der Waals surface area contributed by atoms with Crippen LogP contribution in [0.5, 0.6) is 11.5 Å². The summed E-state index contributed by atoms with van der Waals surface area (Å²) in [4.78, 5) is 39.7. The van der Waals surface area contributed by atoms with Crippen LogP contribution in [-0.2, 0) is 23.9 Å². The summed E-state index contributed by atoms with van der Waals surface area (Å²) in [6, 6.07) is 4.88. The number of hydrogen-bond acceptors (Lipinski definition) is 8. The van der Waals surface area contributed by atoms with Crippen LogP contribution in [0.1, 0.15) is 66.4 Å². The summed E-state index contributed by atoms with van der Waals surface area (Å²) in [5.74, 6) is -4.70. The van der Waals surface area contributed by atoms with Crippen LogP contribution in [0.2, 0.25) is 0 Å². The van der Waals surface area contributed by atoms with Gasteiger partial charge in [-0.15, -0.1) is 0 Å². The van der Waals surface area contributed by atoms with Gasteiger partial charge in [0.1, 0.15) is 17.1 Å². The summed E-state index contributed by atoms with van der Waals surface area (Å²) in [6.45, 7) is 11.7. The van der Waals surface area contributed by atoms with Crippen molar-refractivity contribution in [3.05, 3.63) is 23.8 Å². The Kier molecular flexibility index (Phi) is 7.53. The summed E-state index contributed by atoms with van der Waals surface area (Å²) in [7, 11) is 2.94. The Balaban J connectivity index is 2.72. The molecule has 1 aromatic carbocycles. The van der Waals surface area contributed by atoms with Gasteiger partial charge in [-0.1, -0.05) is 6.07 Å². The largest absolute Gasteiger partial charge is 0.493 e. The number of benzene rings is 1. The second-order valence-corrected chi connectivity index (χ2v) is 10.7. The zero-order valence-corrected chi connectivity index (χ0v) is 21.0. The molecule has 1 fully saturated rings. The fourth-order valence-corrected chi connectivity index (χ4v) is 4.21. The zero-order valence-electron chi connectivity index (χ0n) is 21.0. The molecule has 0 aromatic heterocycles. The topological polar surface area (TPSA) is 108 Å². The third-order valence-electron chi connectivity index (χ3n) is 5.38. The maximum absolute atomic E-state index is 13.3. The number of rotatable bonds is 5. The van der Waals surface area contributed by atoms with Gasteiger partial charge in [-0.2, -0.15) is 0 Å². The molecule has 0 aliphatic heterocycles. The van der Waals surface area contributed by atoms with Crippen LogP contribution in [0.25, 0.3) is 0 Å². The standard InChI is InChI=1S/C25H36O8/c1-23(2,3)32-21(27)19-15(26)13-25(7,29)20(22(28)33-24(4,5)6)18(19)14-10-11-16(30-8)17(12-14)31-9/h10-12,18-20,29H,13H2,1-9H3/t18-,19-,20+,25+/m1/s1. The molecule has 0 heterocycles. The molecule has 0 spiro atoms. The second kappa shape index (κ2) is 9.33. The van der Waals surface area contributed by atoms with Crippen molar-refractivity contribution in [1.82, 2.24) is 0 Å². The monoisotopic (exact) mass is 464 g/mol. The van der Waals surface area contributed by atoms with Crippen molar-refractivity contribution in [2.45, 2.75) is 77.6 Å². The second-order valence-electron chi connectivity index (χ2n) is 10.7. The van der Waals surface area contributed by atoms with Gasteiger partial charge in [0, 0.05) is 12.3 Å². The molecule has 0 amide bonds. The minimum Gasteiger partial charge on any atom is -0.493 e. The first kappa shape index (κ1) is 26.6. The predicted octanol–water partition coefficient (Wildman–Crippen LogP) is 3.43. The number of Topliss-reactive ketones (excluding diaryl/α,β-unsaturated/α-hetero) is 1. The van der Waals surface area contributed by atoms with Gasteiger partial charge in [0.2, 0.25) is 0 Å². The van der Waals surface area contributed by atoms with Crippen LogP contribution in [0.3, 0.4) is 0 Å². The molecule has 0 bridgehead atoms. The van der Waals surface area contributed by atoms with Gasteiger partial charge >= 0.3 is 11.9 Å². The van der Waals surface area contributed by atoms with E-state index >= 15 is 0 Å². The predicted molar refractivity (Wildman–Crippen MR) is 121 cm³/mol. The van der Waals surface area contributed by atoms with Gasteiger partial charge in [0.25, 0.3) is 0 Å². The third kappa shape index (κ3) is 6.25. The lowest BCUT2D eigenvalue weighted by Crippen LogP contribution is -2.56. The van der Waals surface area contributed by atoms with E-state index in [2.05, 4.69) is 0 Å². The van der Waals surface area contributed by atoms with Gasteiger partial charge in [-0.05, 0) is 66.2 Å². The molecule has 4 atom stereocenters. The summed E-state index contributed by atoms with van der Waals surface area (Å²) in [6.07, 6.45) is -0.384. The Morgan fingerprint density at radius 1 is 0.939 bits per heavy atom. The first-order valence-electron chi connectivity index (χ1n) is 10.9. The van der Waals surface area contributed by atoms with Gasteiger partial charge in [0.15, 0.2) is 17.3 Å². The molecule has 8 nitrogen and oxygen atoms in total. The lowest BCUT2D eigenvalue weighted by atomic mass is 9.61. The minimum atomic E-state index is -1.74. The van der Waals surface area contributed by atoms with Crippen molar-refractivity contribution in [2.75, 3.05) is 14.2 Å². The molecule has 33 heavy (non-hydrogen) atoms. The molecule has 0 unspecified atom stereocenters. The maximum atomic E-state index is 13.3. The van der Waals surface area contributed by atoms with E-state index < -0.39 is 52.3 Å². The van der Waals surface area contributed by atoms with Gasteiger partial charge in [-0.3, -0.25) is 14.4 Å². The molecule has 0 saturated heterocycles. The molecule has 0 radical (unpaired) electrons. The maximum Gasteiger partial charge on any atom is 0.317 e. The SMILES string of the molecule is COc1ccc([C@@H]2[C@H](C(=O)OC(C)(C)C)C(=O)C[C@](C)(O)[C@@H]2C(=O)OC(C)(C)C)cc1OC. The molecule has 1 N–H and O–H groups in total. The number of carbonyl (C=O) groups is 3. The summed E-state index contributed by atoms with van der Waals surface area (Å²) < 4.78 is 21.9. The first-order valence-corrected chi connectivity index (χ1v) is 10.9. The number of ether oxygens (including phenoxy) is 4. The quantitative estimate of drug-likeness (QED) is 0.522.